The van der Waals surface area contributed by atoms with E-state index in [0.717, 1.165) is 6.42 Å². The molecule has 1 rings (SSSR count). The number of benzene rings is 1. The minimum Gasteiger partial charge on any atom is -0.286 e. The van der Waals surface area contributed by atoms with Gasteiger partial charge in [0.1, 0.15) is 0 Å². The van der Waals surface area contributed by atoms with E-state index in [2.05, 4.69) is 6.92 Å². The highest BCUT2D eigenvalue weighted by molar-refractivity contribution is 5.93. The van der Waals surface area contributed by atoms with Crippen LogP contribution in [0.5, 0.6) is 0 Å². The number of amides is 1. The molecule has 13 heavy (non-hydrogen) atoms. The van der Waals surface area contributed by atoms with E-state index in [9.17, 15) is 4.79 Å². The molecule has 3 heteroatoms. The molecule has 0 aliphatic rings. The average molecular weight is 179 g/mol. The number of hydrogen-bond acceptors (Lipinski definition) is 2. The summed E-state index contributed by atoms with van der Waals surface area (Å²) in [6.45, 7) is 2.05. The Kier molecular flexibility index (Phi) is 3.03. The van der Waals surface area contributed by atoms with Crippen molar-refractivity contribution >= 4 is 5.91 Å². The van der Waals surface area contributed by atoms with Gasteiger partial charge in [-0.2, -0.15) is 0 Å². The highest BCUT2D eigenvalue weighted by Gasteiger charge is 2.07. The summed E-state index contributed by atoms with van der Waals surface area (Å²) in [5.41, 5.74) is 1.68. The molecule has 1 N–H and O–H groups in total. The second-order valence-corrected chi connectivity index (χ2v) is 2.88. The Bertz CT molecular complexity index is 290. The third kappa shape index (κ3) is 2.29. The van der Waals surface area contributed by atoms with Crippen molar-refractivity contribution in [2.45, 2.75) is 13.3 Å². The predicted octanol–water partition coefficient (Wildman–Crippen LogP) is 1.71. The molecule has 1 amide bonds. The fourth-order valence-corrected chi connectivity index (χ4v) is 1.07. The molecule has 0 radical (unpaired) electrons. The third-order valence-corrected chi connectivity index (χ3v) is 1.90. The van der Waals surface area contributed by atoms with Crippen LogP contribution in [0.4, 0.5) is 0 Å². The van der Waals surface area contributed by atoms with Gasteiger partial charge in [0.25, 0.3) is 5.91 Å². The molecule has 70 valence electrons. The molecule has 0 aliphatic heterocycles. The van der Waals surface area contributed by atoms with Crippen LogP contribution >= 0.6 is 0 Å². The normalized spacial score (nSPS) is 9.77. The molecule has 3 nitrogen and oxygen atoms in total. The molecule has 0 unspecified atom stereocenters. The van der Waals surface area contributed by atoms with E-state index in [0.29, 0.717) is 10.6 Å². The smallest absolute Gasteiger partial charge is 0.276 e. The Balaban J connectivity index is 2.86. The van der Waals surface area contributed by atoms with Gasteiger partial charge >= 0.3 is 0 Å². The molecule has 1 aromatic carbocycles. The maximum absolute atomic E-state index is 11.2. The van der Waals surface area contributed by atoms with Crippen molar-refractivity contribution in [1.29, 1.82) is 0 Å². The minimum atomic E-state index is -0.386. The lowest BCUT2D eigenvalue weighted by Crippen LogP contribution is -2.22. The van der Waals surface area contributed by atoms with Gasteiger partial charge in [0.15, 0.2) is 0 Å². The van der Waals surface area contributed by atoms with E-state index in [-0.39, 0.29) is 5.91 Å². The minimum absolute atomic E-state index is 0.386. The number of hydroxylamine groups is 2. The average Bonchev–Trinajstić information content (AvgIpc) is 2.17. The van der Waals surface area contributed by atoms with Gasteiger partial charge in [-0.25, -0.2) is 5.06 Å². The van der Waals surface area contributed by atoms with Crippen LogP contribution in [0.2, 0.25) is 0 Å². The summed E-state index contributed by atoms with van der Waals surface area (Å²) in [7, 11) is 1.32. The molecule has 0 spiro atoms. The molecule has 1 aromatic rings. The van der Waals surface area contributed by atoms with Crippen LogP contribution in [-0.2, 0) is 6.42 Å². The van der Waals surface area contributed by atoms with Gasteiger partial charge in [0, 0.05) is 12.6 Å². The highest BCUT2D eigenvalue weighted by Crippen LogP contribution is 2.06. The van der Waals surface area contributed by atoms with Gasteiger partial charge in [0.2, 0.25) is 0 Å². The van der Waals surface area contributed by atoms with Crippen LogP contribution in [0.1, 0.15) is 22.8 Å². The van der Waals surface area contributed by atoms with Crippen LogP contribution in [0.25, 0.3) is 0 Å². The zero-order valence-corrected chi connectivity index (χ0v) is 7.82. The fourth-order valence-electron chi connectivity index (χ4n) is 1.07. The number of nitrogens with zero attached hydrogens (tertiary/aromatic N) is 1. The quantitative estimate of drug-likeness (QED) is 0.554. The Morgan fingerprint density at radius 2 is 1.92 bits per heavy atom. The van der Waals surface area contributed by atoms with Crippen LogP contribution in [0, 0.1) is 0 Å². The zero-order valence-electron chi connectivity index (χ0n) is 7.82. The van der Waals surface area contributed by atoms with E-state index in [1.807, 2.05) is 12.1 Å². The summed E-state index contributed by atoms with van der Waals surface area (Å²) >= 11 is 0. The van der Waals surface area contributed by atoms with Crippen molar-refractivity contribution in [3.05, 3.63) is 35.4 Å². The van der Waals surface area contributed by atoms with Crippen LogP contribution in [0.3, 0.4) is 0 Å². The molecule has 0 aromatic heterocycles. The molecule has 0 atom stereocenters. The summed E-state index contributed by atoms with van der Waals surface area (Å²) in [4.78, 5) is 11.2. The van der Waals surface area contributed by atoms with E-state index < -0.39 is 0 Å². The molecular weight excluding hydrogens is 166 g/mol. The topological polar surface area (TPSA) is 40.5 Å². The van der Waals surface area contributed by atoms with Gasteiger partial charge in [-0.05, 0) is 24.1 Å². The maximum Gasteiger partial charge on any atom is 0.276 e. The van der Waals surface area contributed by atoms with Crippen molar-refractivity contribution in [3.63, 3.8) is 0 Å². The van der Waals surface area contributed by atoms with Crippen molar-refractivity contribution in [1.82, 2.24) is 5.06 Å². The Morgan fingerprint density at radius 3 is 2.31 bits per heavy atom. The Hall–Kier alpha value is -1.35. The number of carbonyl (C=O) groups is 1. The maximum atomic E-state index is 11.2. The fraction of sp³-hybridized carbons (Fsp3) is 0.300. The lowest BCUT2D eigenvalue weighted by Gasteiger charge is -2.08. The second-order valence-electron chi connectivity index (χ2n) is 2.88. The molecule has 0 saturated carbocycles. The van der Waals surface area contributed by atoms with Gasteiger partial charge in [-0.15, -0.1) is 0 Å². The SMILES string of the molecule is CCc1ccc(C(=O)N(C)O)cc1. The molecule has 0 bridgehead atoms. The summed E-state index contributed by atoms with van der Waals surface area (Å²) in [5, 5.41) is 9.47. The first-order chi connectivity index (χ1) is 6.15. The monoisotopic (exact) mass is 179 g/mol. The molecule has 0 aliphatic carbocycles. The Labute approximate surface area is 77.6 Å². The van der Waals surface area contributed by atoms with Crippen molar-refractivity contribution in [3.8, 4) is 0 Å². The van der Waals surface area contributed by atoms with E-state index >= 15 is 0 Å². The predicted molar refractivity (Wildman–Crippen MR) is 49.7 cm³/mol. The summed E-state index contributed by atoms with van der Waals surface area (Å²) in [6, 6.07) is 7.20. The first-order valence-corrected chi connectivity index (χ1v) is 4.21. The first kappa shape index (κ1) is 9.74. The molecule has 0 fully saturated rings. The first-order valence-electron chi connectivity index (χ1n) is 4.21. The third-order valence-electron chi connectivity index (χ3n) is 1.90. The van der Waals surface area contributed by atoms with Crippen LogP contribution < -0.4 is 0 Å². The number of carbonyl (C=O) groups excluding carboxylic acids is 1. The molecular formula is C10H13NO2. The summed E-state index contributed by atoms with van der Waals surface area (Å²) < 4.78 is 0. The van der Waals surface area contributed by atoms with E-state index in [4.69, 9.17) is 5.21 Å². The molecule has 0 saturated heterocycles. The molecule has 0 heterocycles. The zero-order chi connectivity index (χ0) is 9.84. The van der Waals surface area contributed by atoms with Crippen LogP contribution in [-0.4, -0.2) is 23.2 Å². The van der Waals surface area contributed by atoms with Gasteiger partial charge < -0.3 is 0 Å². The lowest BCUT2D eigenvalue weighted by atomic mass is 10.1. The largest absolute Gasteiger partial charge is 0.286 e. The van der Waals surface area contributed by atoms with E-state index in [1.54, 1.807) is 12.1 Å². The highest BCUT2D eigenvalue weighted by atomic mass is 16.5. The van der Waals surface area contributed by atoms with Crippen molar-refractivity contribution in [2.75, 3.05) is 7.05 Å². The number of hydrogen-bond donors (Lipinski definition) is 1. The summed E-state index contributed by atoms with van der Waals surface area (Å²) in [6.07, 6.45) is 0.948. The van der Waals surface area contributed by atoms with Gasteiger partial charge in [-0.1, -0.05) is 19.1 Å². The van der Waals surface area contributed by atoms with E-state index in [1.165, 1.54) is 12.6 Å². The Morgan fingerprint density at radius 1 is 1.38 bits per heavy atom. The second kappa shape index (κ2) is 4.05. The van der Waals surface area contributed by atoms with Crippen molar-refractivity contribution < 1.29 is 10.0 Å². The number of aryl methyl sites for hydroxylation is 1. The van der Waals surface area contributed by atoms with Crippen LogP contribution in [0.15, 0.2) is 24.3 Å². The van der Waals surface area contributed by atoms with Gasteiger partial charge in [0.05, 0.1) is 0 Å². The van der Waals surface area contributed by atoms with Gasteiger partial charge in [-0.3, -0.25) is 10.0 Å². The number of rotatable bonds is 2. The van der Waals surface area contributed by atoms with Crippen molar-refractivity contribution in [2.24, 2.45) is 0 Å². The summed E-state index contributed by atoms with van der Waals surface area (Å²) in [5.74, 6) is -0.386. The lowest BCUT2D eigenvalue weighted by molar-refractivity contribution is -0.0374. The standard InChI is InChI=1S/C10H13NO2/c1-3-8-4-6-9(7-5-8)10(12)11(2)13/h4-7,13H,3H2,1-2H3.